The third-order valence-corrected chi connectivity index (χ3v) is 6.65. The number of carbonyl (C=O) groups excluding carboxylic acids is 2. The summed E-state index contributed by atoms with van der Waals surface area (Å²) in [5.41, 5.74) is 2.46. The smallest absolute Gasteiger partial charge is 0.381 e. The zero-order valence-corrected chi connectivity index (χ0v) is 16.2. The van der Waals surface area contributed by atoms with Gasteiger partial charge in [-0.15, -0.1) is 4.28 Å². The molecule has 2 N–H and O–H groups in total. The Balaban J connectivity index is 1.37. The van der Waals surface area contributed by atoms with E-state index >= 15 is 0 Å². The summed E-state index contributed by atoms with van der Waals surface area (Å²) in [5, 5.41) is 0.621. The van der Waals surface area contributed by atoms with Gasteiger partial charge >= 0.3 is 16.4 Å². The van der Waals surface area contributed by atoms with Gasteiger partial charge in [0.25, 0.3) is 5.91 Å². The van der Waals surface area contributed by atoms with Crippen LogP contribution in [-0.4, -0.2) is 72.8 Å². The van der Waals surface area contributed by atoms with Crippen LogP contribution in [0.5, 0.6) is 0 Å². The van der Waals surface area contributed by atoms with Gasteiger partial charge in [-0.05, 0) is 25.7 Å². The fourth-order valence-electron chi connectivity index (χ4n) is 4.90. The van der Waals surface area contributed by atoms with E-state index in [0.717, 1.165) is 25.7 Å². The van der Waals surface area contributed by atoms with Crippen LogP contribution in [-0.2, 0) is 29.1 Å². The molecule has 0 aromatic carbocycles. The summed E-state index contributed by atoms with van der Waals surface area (Å²) < 4.78 is 40.7. The summed E-state index contributed by atoms with van der Waals surface area (Å²) in [6.45, 7) is 1.36. The van der Waals surface area contributed by atoms with Gasteiger partial charge < -0.3 is 9.64 Å². The lowest BCUT2D eigenvalue weighted by Crippen LogP contribution is -2.52. The molecule has 3 amide bonds. The van der Waals surface area contributed by atoms with Crippen LogP contribution in [0.15, 0.2) is 0 Å². The molecule has 0 aromatic rings. The molecule has 11 nitrogen and oxygen atoms in total. The maximum atomic E-state index is 12.7. The van der Waals surface area contributed by atoms with Gasteiger partial charge in [-0.1, -0.05) is 12.8 Å². The predicted octanol–water partition coefficient (Wildman–Crippen LogP) is 0.387. The quantitative estimate of drug-likeness (QED) is 0.483. The van der Waals surface area contributed by atoms with Gasteiger partial charge in [-0.2, -0.15) is 13.5 Å². The van der Waals surface area contributed by atoms with Crippen molar-refractivity contribution in [3.63, 3.8) is 0 Å². The molecule has 158 valence electrons. The Labute approximate surface area is 163 Å². The topological polar surface area (TPSA) is 135 Å². The number of piperidine rings is 1. The number of hydrogen-bond acceptors (Lipinski definition) is 7. The number of hydroxylamine groups is 3. The molecule has 1 saturated carbocycles. The van der Waals surface area contributed by atoms with E-state index in [1.165, 1.54) is 4.90 Å². The highest BCUT2D eigenvalue weighted by Gasteiger charge is 2.50. The molecule has 1 aliphatic carbocycles. The van der Waals surface area contributed by atoms with Crippen molar-refractivity contribution < 1.29 is 36.4 Å². The lowest BCUT2D eigenvalue weighted by molar-refractivity contribution is -0.173. The molecule has 3 saturated heterocycles. The van der Waals surface area contributed by atoms with Crippen LogP contribution in [0.25, 0.3) is 0 Å². The van der Waals surface area contributed by atoms with E-state index in [9.17, 15) is 18.0 Å². The number of fused-ring (bicyclic) bond motifs is 2. The third kappa shape index (κ3) is 3.71. The van der Waals surface area contributed by atoms with E-state index in [4.69, 9.17) is 14.1 Å². The summed E-state index contributed by atoms with van der Waals surface area (Å²) >= 11 is 0. The first-order chi connectivity index (χ1) is 13.3. The van der Waals surface area contributed by atoms with E-state index in [0.29, 0.717) is 37.5 Å². The van der Waals surface area contributed by atoms with E-state index in [2.05, 4.69) is 9.76 Å². The second-order valence-corrected chi connectivity index (χ2v) is 9.00. The summed E-state index contributed by atoms with van der Waals surface area (Å²) in [5.74, 6) is -0.444. The molecular formula is C16H25N3O8S. The summed E-state index contributed by atoms with van der Waals surface area (Å²) in [6.07, 6.45) is 5.53. The Hall–Kier alpha value is -1.47. The van der Waals surface area contributed by atoms with Crippen LogP contribution < -0.4 is 5.48 Å². The first-order valence-corrected chi connectivity index (χ1v) is 11.0. The molecule has 0 aromatic heterocycles. The van der Waals surface area contributed by atoms with Gasteiger partial charge in [-0.3, -0.25) is 14.2 Å². The third-order valence-electron chi connectivity index (χ3n) is 6.30. The zero-order valence-electron chi connectivity index (χ0n) is 15.4. The second-order valence-electron chi connectivity index (χ2n) is 7.99. The van der Waals surface area contributed by atoms with Crippen molar-refractivity contribution in [2.75, 3.05) is 19.8 Å². The number of nitrogens with zero attached hydrogens (tertiary/aromatic N) is 2. The molecule has 3 atom stereocenters. The van der Waals surface area contributed by atoms with E-state index < -0.39 is 34.4 Å². The minimum Gasteiger partial charge on any atom is -0.381 e. The highest BCUT2D eigenvalue weighted by Crippen LogP contribution is 2.45. The van der Waals surface area contributed by atoms with Crippen molar-refractivity contribution in [2.45, 2.75) is 63.1 Å². The molecule has 1 unspecified atom stereocenters. The SMILES string of the molecule is O=C(NOC1CCOCC12CCCC2)[C@@H]1CC[C@@H]2CN1C(=O)N2OS(=O)(=O)O. The first kappa shape index (κ1) is 19.8. The standard InChI is InChI=1S/C16H25N3O8S/c20-14(17-26-13-5-8-25-10-16(13)6-1-2-7-16)12-4-3-11-9-18(12)15(21)19(11)27-28(22,23)24/h11-13H,1-10H2,(H,17,20)(H,22,23,24)/t11-,12+,13?/m1/s1. The maximum Gasteiger partial charge on any atom is 0.418 e. The summed E-state index contributed by atoms with van der Waals surface area (Å²) in [4.78, 5) is 32.1. The minimum atomic E-state index is -4.81. The molecule has 4 aliphatic rings. The van der Waals surface area contributed by atoms with Gasteiger partial charge in [0, 0.05) is 25.0 Å². The van der Waals surface area contributed by atoms with Crippen molar-refractivity contribution in [1.82, 2.24) is 15.4 Å². The van der Waals surface area contributed by atoms with Crippen molar-refractivity contribution >= 4 is 22.3 Å². The molecule has 3 aliphatic heterocycles. The number of ether oxygens (including phenoxy) is 1. The van der Waals surface area contributed by atoms with Crippen molar-refractivity contribution in [2.24, 2.45) is 5.41 Å². The second kappa shape index (κ2) is 7.41. The van der Waals surface area contributed by atoms with E-state index in [1.54, 1.807) is 0 Å². The number of carbonyl (C=O) groups is 2. The van der Waals surface area contributed by atoms with E-state index in [-0.39, 0.29) is 18.1 Å². The molecule has 3 heterocycles. The Kier molecular flexibility index (Phi) is 5.25. The number of nitrogens with one attached hydrogen (secondary N) is 1. The largest absolute Gasteiger partial charge is 0.418 e. The summed E-state index contributed by atoms with van der Waals surface area (Å²) in [7, 11) is -4.81. The predicted molar refractivity (Wildman–Crippen MR) is 92.7 cm³/mol. The van der Waals surface area contributed by atoms with Gasteiger partial charge in [0.15, 0.2) is 0 Å². The first-order valence-electron chi connectivity index (χ1n) is 9.59. The van der Waals surface area contributed by atoms with Crippen LogP contribution in [0.4, 0.5) is 4.79 Å². The van der Waals surface area contributed by atoms with Gasteiger partial charge in [0.05, 0.1) is 18.8 Å². The van der Waals surface area contributed by atoms with Gasteiger partial charge in [0.2, 0.25) is 0 Å². The maximum absolute atomic E-state index is 12.7. The van der Waals surface area contributed by atoms with Crippen LogP contribution >= 0.6 is 0 Å². The monoisotopic (exact) mass is 419 g/mol. The molecule has 0 radical (unpaired) electrons. The van der Waals surface area contributed by atoms with Crippen molar-refractivity contribution in [1.29, 1.82) is 0 Å². The molecule has 12 heteroatoms. The fraction of sp³-hybridized carbons (Fsp3) is 0.875. The minimum absolute atomic E-state index is 0.0627. The Morgan fingerprint density at radius 2 is 2.00 bits per heavy atom. The molecule has 28 heavy (non-hydrogen) atoms. The zero-order chi connectivity index (χ0) is 19.9. The number of rotatable bonds is 5. The van der Waals surface area contributed by atoms with Crippen LogP contribution in [0.1, 0.15) is 44.9 Å². The molecular weight excluding hydrogens is 394 g/mol. The fourth-order valence-corrected chi connectivity index (χ4v) is 5.28. The molecule has 2 bridgehead atoms. The number of urea groups is 1. The van der Waals surface area contributed by atoms with E-state index in [1.807, 2.05) is 0 Å². The van der Waals surface area contributed by atoms with Gasteiger partial charge in [0.1, 0.15) is 6.04 Å². The Morgan fingerprint density at radius 1 is 1.25 bits per heavy atom. The van der Waals surface area contributed by atoms with Crippen LogP contribution in [0.2, 0.25) is 0 Å². The van der Waals surface area contributed by atoms with Crippen LogP contribution in [0, 0.1) is 5.41 Å². The summed E-state index contributed by atoms with van der Waals surface area (Å²) in [6, 6.07) is -2.08. The average Bonchev–Trinajstić information content (AvgIpc) is 3.20. The van der Waals surface area contributed by atoms with Crippen molar-refractivity contribution in [3.8, 4) is 0 Å². The average molecular weight is 419 g/mol. The number of amides is 3. The van der Waals surface area contributed by atoms with Crippen molar-refractivity contribution in [3.05, 3.63) is 0 Å². The molecule has 4 fully saturated rings. The molecule has 4 rings (SSSR count). The molecule has 1 spiro atoms. The van der Waals surface area contributed by atoms with Gasteiger partial charge in [-0.25, -0.2) is 10.3 Å². The Morgan fingerprint density at radius 3 is 2.71 bits per heavy atom. The van der Waals surface area contributed by atoms with Crippen LogP contribution in [0.3, 0.4) is 0 Å². The highest BCUT2D eigenvalue weighted by molar-refractivity contribution is 7.80. The highest BCUT2D eigenvalue weighted by atomic mass is 32.3. The Bertz CT molecular complexity index is 738. The lowest BCUT2D eigenvalue weighted by atomic mass is 9.78. The normalized spacial score (nSPS) is 32.2. The lowest BCUT2D eigenvalue weighted by Gasteiger charge is -2.40. The number of hydrogen-bond donors (Lipinski definition) is 2.